The van der Waals surface area contributed by atoms with Gasteiger partial charge in [-0.05, 0) is 44.2 Å². The van der Waals surface area contributed by atoms with Gasteiger partial charge in [0.2, 0.25) is 5.91 Å². The van der Waals surface area contributed by atoms with Crippen molar-refractivity contribution in [2.75, 3.05) is 5.32 Å². The third-order valence-corrected chi connectivity index (χ3v) is 3.70. The highest BCUT2D eigenvalue weighted by Gasteiger charge is 2.10. The number of benzene rings is 1. The number of pyridine rings is 1. The number of aromatic nitrogens is 3. The van der Waals surface area contributed by atoms with Crippen molar-refractivity contribution in [2.24, 2.45) is 0 Å². The SMILES string of the molecule is Cc1nn(-c2ccccc2)c(C)c1/C=C/C(=O)Nc1ccncc1. The number of carbonyl (C=O) groups is 1. The molecule has 1 N–H and O–H groups in total. The zero-order valence-corrected chi connectivity index (χ0v) is 13.6. The Balaban J connectivity index is 1.80. The first kappa shape index (κ1) is 15.7. The van der Waals surface area contributed by atoms with E-state index in [9.17, 15) is 4.79 Å². The number of amides is 1. The number of nitrogens with zero attached hydrogens (tertiary/aromatic N) is 3. The molecule has 0 fully saturated rings. The van der Waals surface area contributed by atoms with Crippen LogP contribution in [0.4, 0.5) is 5.69 Å². The summed E-state index contributed by atoms with van der Waals surface area (Å²) in [7, 11) is 0. The zero-order chi connectivity index (χ0) is 16.9. The molecule has 0 unspecified atom stereocenters. The van der Waals surface area contributed by atoms with Crippen LogP contribution >= 0.6 is 0 Å². The van der Waals surface area contributed by atoms with E-state index in [0.29, 0.717) is 5.69 Å². The average Bonchev–Trinajstić information content (AvgIpc) is 2.89. The van der Waals surface area contributed by atoms with Crippen LogP contribution in [0.25, 0.3) is 11.8 Å². The lowest BCUT2D eigenvalue weighted by Gasteiger charge is -2.03. The van der Waals surface area contributed by atoms with Crippen LogP contribution in [0.3, 0.4) is 0 Å². The molecule has 0 bridgehead atoms. The van der Waals surface area contributed by atoms with Gasteiger partial charge in [0, 0.05) is 35.4 Å². The Bertz CT molecular complexity index is 867. The monoisotopic (exact) mass is 318 g/mol. The average molecular weight is 318 g/mol. The van der Waals surface area contributed by atoms with Gasteiger partial charge in [-0.1, -0.05) is 18.2 Å². The van der Waals surface area contributed by atoms with E-state index in [1.165, 1.54) is 6.08 Å². The van der Waals surface area contributed by atoms with Gasteiger partial charge in [-0.2, -0.15) is 5.10 Å². The Morgan fingerprint density at radius 1 is 1.08 bits per heavy atom. The van der Waals surface area contributed by atoms with Crippen molar-refractivity contribution >= 4 is 17.7 Å². The maximum atomic E-state index is 12.0. The molecule has 120 valence electrons. The first-order valence-corrected chi connectivity index (χ1v) is 7.66. The van der Waals surface area contributed by atoms with Gasteiger partial charge in [-0.25, -0.2) is 4.68 Å². The van der Waals surface area contributed by atoms with E-state index in [1.54, 1.807) is 30.6 Å². The quantitative estimate of drug-likeness (QED) is 0.749. The number of anilines is 1. The lowest BCUT2D eigenvalue weighted by molar-refractivity contribution is -0.111. The molecule has 0 saturated carbocycles. The topological polar surface area (TPSA) is 59.8 Å². The van der Waals surface area contributed by atoms with Gasteiger partial charge in [-0.3, -0.25) is 9.78 Å². The molecule has 24 heavy (non-hydrogen) atoms. The van der Waals surface area contributed by atoms with Crippen LogP contribution in [0.15, 0.2) is 60.9 Å². The number of nitrogens with one attached hydrogen (secondary N) is 1. The van der Waals surface area contributed by atoms with Gasteiger partial charge in [0.1, 0.15) is 0 Å². The smallest absolute Gasteiger partial charge is 0.248 e. The first-order chi connectivity index (χ1) is 11.6. The van der Waals surface area contributed by atoms with E-state index in [2.05, 4.69) is 15.4 Å². The third kappa shape index (κ3) is 3.41. The van der Waals surface area contributed by atoms with Crippen LogP contribution in [-0.4, -0.2) is 20.7 Å². The van der Waals surface area contributed by atoms with Crippen LogP contribution in [0.2, 0.25) is 0 Å². The molecule has 0 radical (unpaired) electrons. The van der Waals surface area contributed by atoms with Crippen molar-refractivity contribution in [3.63, 3.8) is 0 Å². The summed E-state index contributed by atoms with van der Waals surface area (Å²) in [4.78, 5) is 16.0. The molecule has 0 atom stereocenters. The maximum absolute atomic E-state index is 12.0. The van der Waals surface area contributed by atoms with Gasteiger partial charge in [0.25, 0.3) is 0 Å². The summed E-state index contributed by atoms with van der Waals surface area (Å²) in [6, 6.07) is 13.4. The second kappa shape index (κ2) is 6.91. The van der Waals surface area contributed by atoms with E-state index in [1.807, 2.05) is 48.9 Å². The minimum atomic E-state index is -0.188. The molecule has 5 nitrogen and oxygen atoms in total. The summed E-state index contributed by atoms with van der Waals surface area (Å²) < 4.78 is 1.88. The largest absolute Gasteiger partial charge is 0.322 e. The standard InChI is InChI=1S/C19H18N4O/c1-14-18(8-9-19(24)21-16-10-12-20-13-11-16)15(2)23(22-14)17-6-4-3-5-7-17/h3-13H,1-2H3,(H,20,21,24)/b9-8+. The normalized spacial score (nSPS) is 10.9. The zero-order valence-electron chi connectivity index (χ0n) is 13.6. The first-order valence-electron chi connectivity index (χ1n) is 7.66. The molecular weight excluding hydrogens is 300 g/mol. The molecule has 3 aromatic rings. The molecule has 1 amide bonds. The van der Waals surface area contributed by atoms with Crippen LogP contribution < -0.4 is 5.32 Å². The van der Waals surface area contributed by atoms with E-state index in [-0.39, 0.29) is 5.91 Å². The minimum absolute atomic E-state index is 0.188. The number of hydrogen-bond donors (Lipinski definition) is 1. The highest BCUT2D eigenvalue weighted by atomic mass is 16.1. The predicted molar refractivity (Wildman–Crippen MR) is 94.9 cm³/mol. The van der Waals surface area contributed by atoms with Gasteiger partial charge < -0.3 is 5.32 Å². The third-order valence-electron chi connectivity index (χ3n) is 3.70. The number of carbonyl (C=O) groups excluding carboxylic acids is 1. The fourth-order valence-electron chi connectivity index (χ4n) is 2.49. The molecule has 0 aliphatic rings. The van der Waals surface area contributed by atoms with Gasteiger partial charge in [0.15, 0.2) is 0 Å². The van der Waals surface area contributed by atoms with Crippen molar-refractivity contribution in [1.29, 1.82) is 0 Å². The summed E-state index contributed by atoms with van der Waals surface area (Å²) in [5.41, 5.74) is 4.53. The second-order valence-corrected chi connectivity index (χ2v) is 5.39. The number of para-hydroxylation sites is 1. The Kier molecular flexibility index (Phi) is 4.52. The van der Waals surface area contributed by atoms with E-state index in [4.69, 9.17) is 0 Å². The van der Waals surface area contributed by atoms with Crippen LogP contribution in [0, 0.1) is 13.8 Å². The Labute approximate surface area is 140 Å². The van der Waals surface area contributed by atoms with Crippen molar-refractivity contribution < 1.29 is 4.79 Å². The number of aryl methyl sites for hydroxylation is 1. The van der Waals surface area contributed by atoms with Crippen molar-refractivity contribution in [2.45, 2.75) is 13.8 Å². The van der Waals surface area contributed by atoms with E-state index >= 15 is 0 Å². The molecule has 2 heterocycles. The van der Waals surface area contributed by atoms with Gasteiger partial charge in [0.05, 0.1) is 11.4 Å². The maximum Gasteiger partial charge on any atom is 0.248 e. The Morgan fingerprint density at radius 3 is 2.50 bits per heavy atom. The Morgan fingerprint density at radius 2 is 1.79 bits per heavy atom. The van der Waals surface area contributed by atoms with Crippen molar-refractivity contribution in [3.05, 3.63) is 77.9 Å². The van der Waals surface area contributed by atoms with Crippen molar-refractivity contribution in [1.82, 2.24) is 14.8 Å². The summed E-state index contributed by atoms with van der Waals surface area (Å²) in [6.07, 6.45) is 6.59. The predicted octanol–water partition coefficient (Wildman–Crippen LogP) is 3.54. The molecule has 2 aromatic heterocycles. The molecule has 0 saturated heterocycles. The summed E-state index contributed by atoms with van der Waals surface area (Å²) in [5.74, 6) is -0.188. The molecular formula is C19H18N4O. The Hall–Kier alpha value is -3.21. The van der Waals surface area contributed by atoms with E-state index in [0.717, 1.165) is 22.6 Å². The molecule has 1 aromatic carbocycles. The van der Waals surface area contributed by atoms with Crippen LogP contribution in [0.1, 0.15) is 17.0 Å². The van der Waals surface area contributed by atoms with E-state index < -0.39 is 0 Å². The summed E-state index contributed by atoms with van der Waals surface area (Å²) in [5, 5.41) is 7.36. The second-order valence-electron chi connectivity index (χ2n) is 5.39. The lowest BCUT2D eigenvalue weighted by Crippen LogP contribution is -2.07. The molecule has 0 aliphatic carbocycles. The van der Waals surface area contributed by atoms with Crippen molar-refractivity contribution in [3.8, 4) is 5.69 Å². The van der Waals surface area contributed by atoms with Gasteiger partial charge >= 0.3 is 0 Å². The molecule has 0 spiro atoms. The van der Waals surface area contributed by atoms with Gasteiger partial charge in [-0.15, -0.1) is 0 Å². The fourth-order valence-corrected chi connectivity index (χ4v) is 2.49. The number of rotatable bonds is 4. The summed E-state index contributed by atoms with van der Waals surface area (Å²) >= 11 is 0. The number of hydrogen-bond acceptors (Lipinski definition) is 3. The highest BCUT2D eigenvalue weighted by Crippen LogP contribution is 2.19. The van der Waals surface area contributed by atoms with Crippen LogP contribution in [-0.2, 0) is 4.79 Å². The fraction of sp³-hybridized carbons (Fsp3) is 0.105. The highest BCUT2D eigenvalue weighted by molar-refractivity contribution is 6.02. The van der Waals surface area contributed by atoms with Crippen LogP contribution in [0.5, 0.6) is 0 Å². The molecule has 3 rings (SSSR count). The lowest BCUT2D eigenvalue weighted by atomic mass is 10.2. The molecule has 0 aliphatic heterocycles. The minimum Gasteiger partial charge on any atom is -0.322 e. The molecule has 5 heteroatoms. The summed E-state index contributed by atoms with van der Waals surface area (Å²) in [6.45, 7) is 3.93.